The molecule has 0 fully saturated rings. The largest absolute Gasteiger partial charge is 0.271 e. The van der Waals surface area contributed by atoms with Gasteiger partial charge in [0.15, 0.2) is 0 Å². The van der Waals surface area contributed by atoms with Crippen molar-refractivity contribution in [2.75, 3.05) is 0 Å². The minimum Gasteiger partial charge on any atom is -0.271 e. The van der Waals surface area contributed by atoms with Crippen LogP contribution in [0.2, 0.25) is 10.0 Å². The quantitative estimate of drug-likeness (QED) is 0.668. The van der Waals surface area contributed by atoms with E-state index in [1.165, 1.54) is 0 Å². The van der Waals surface area contributed by atoms with Gasteiger partial charge in [-0.05, 0) is 42.0 Å². The number of nitrogens with one attached hydrogen (secondary N) is 1. The van der Waals surface area contributed by atoms with Crippen LogP contribution in [0.5, 0.6) is 0 Å². The summed E-state index contributed by atoms with van der Waals surface area (Å²) in [6.45, 7) is 0. The number of rotatable bonds is 3. The summed E-state index contributed by atoms with van der Waals surface area (Å²) in [4.78, 5) is 0. The van der Waals surface area contributed by atoms with E-state index in [4.69, 9.17) is 29.0 Å². The van der Waals surface area contributed by atoms with Gasteiger partial charge in [-0.1, -0.05) is 23.2 Å². The molecule has 0 saturated carbocycles. The SMILES string of the molecule is NNC(c1cc(Cl)cc(Cl)c1)c1cc(F)ccc1F. The zero-order valence-corrected chi connectivity index (χ0v) is 11.1. The maximum atomic E-state index is 13.8. The summed E-state index contributed by atoms with van der Waals surface area (Å²) in [5, 5.41) is 0.777. The van der Waals surface area contributed by atoms with Gasteiger partial charge in [-0.15, -0.1) is 0 Å². The zero-order chi connectivity index (χ0) is 14.0. The molecule has 0 aliphatic rings. The maximum Gasteiger partial charge on any atom is 0.128 e. The van der Waals surface area contributed by atoms with Gasteiger partial charge in [0.25, 0.3) is 0 Å². The lowest BCUT2D eigenvalue weighted by Crippen LogP contribution is -2.29. The smallest absolute Gasteiger partial charge is 0.128 e. The molecule has 6 heteroatoms. The van der Waals surface area contributed by atoms with E-state index in [1.54, 1.807) is 18.2 Å². The van der Waals surface area contributed by atoms with Crippen LogP contribution in [0.3, 0.4) is 0 Å². The van der Waals surface area contributed by atoms with Crippen molar-refractivity contribution in [3.8, 4) is 0 Å². The number of hydrazine groups is 1. The van der Waals surface area contributed by atoms with Crippen LogP contribution in [0.25, 0.3) is 0 Å². The van der Waals surface area contributed by atoms with Crippen LogP contribution in [0, 0.1) is 11.6 Å². The minimum absolute atomic E-state index is 0.0841. The van der Waals surface area contributed by atoms with Gasteiger partial charge < -0.3 is 0 Å². The Balaban J connectivity index is 2.52. The van der Waals surface area contributed by atoms with Crippen molar-refractivity contribution in [1.82, 2.24) is 5.43 Å². The predicted molar refractivity (Wildman–Crippen MR) is 72.0 cm³/mol. The number of halogens is 4. The number of hydrogen-bond acceptors (Lipinski definition) is 2. The van der Waals surface area contributed by atoms with E-state index in [0.29, 0.717) is 15.6 Å². The van der Waals surface area contributed by atoms with E-state index in [0.717, 1.165) is 18.2 Å². The Labute approximate surface area is 119 Å². The van der Waals surface area contributed by atoms with Crippen molar-refractivity contribution < 1.29 is 8.78 Å². The highest BCUT2D eigenvalue weighted by atomic mass is 35.5. The number of benzene rings is 2. The molecule has 1 atom stereocenters. The first-order chi connectivity index (χ1) is 9.01. The first-order valence-corrected chi connectivity index (χ1v) is 6.14. The second-order valence-electron chi connectivity index (χ2n) is 3.97. The van der Waals surface area contributed by atoms with Crippen LogP contribution >= 0.6 is 23.2 Å². The Morgan fingerprint density at radius 3 is 2.21 bits per heavy atom. The van der Waals surface area contributed by atoms with Crippen molar-refractivity contribution in [3.63, 3.8) is 0 Å². The molecule has 2 aromatic rings. The summed E-state index contributed by atoms with van der Waals surface area (Å²) >= 11 is 11.8. The molecule has 0 saturated heterocycles. The lowest BCUT2D eigenvalue weighted by atomic mass is 9.98. The monoisotopic (exact) mass is 302 g/mol. The highest BCUT2D eigenvalue weighted by molar-refractivity contribution is 6.34. The zero-order valence-electron chi connectivity index (χ0n) is 9.63. The van der Waals surface area contributed by atoms with Crippen LogP contribution in [-0.2, 0) is 0 Å². The van der Waals surface area contributed by atoms with Gasteiger partial charge in [0.05, 0.1) is 6.04 Å². The molecule has 0 bridgehead atoms. The third-order valence-electron chi connectivity index (χ3n) is 2.65. The maximum absolute atomic E-state index is 13.8. The standard InChI is InChI=1S/C13H10Cl2F2N2/c14-8-3-7(4-9(15)5-8)13(19-18)11-6-10(16)1-2-12(11)17/h1-6,13,19H,18H2. The van der Waals surface area contributed by atoms with Gasteiger partial charge >= 0.3 is 0 Å². The van der Waals surface area contributed by atoms with Crippen molar-refractivity contribution >= 4 is 23.2 Å². The van der Waals surface area contributed by atoms with Gasteiger partial charge in [0.2, 0.25) is 0 Å². The van der Waals surface area contributed by atoms with Gasteiger partial charge in [-0.3, -0.25) is 5.84 Å². The Kier molecular flexibility index (Phi) is 4.37. The molecule has 2 rings (SSSR count). The molecular formula is C13H10Cl2F2N2. The topological polar surface area (TPSA) is 38.0 Å². The van der Waals surface area contributed by atoms with E-state index in [-0.39, 0.29) is 5.56 Å². The highest BCUT2D eigenvalue weighted by Crippen LogP contribution is 2.29. The summed E-state index contributed by atoms with van der Waals surface area (Å²) in [5.74, 6) is 4.31. The average Bonchev–Trinajstić information content (AvgIpc) is 2.33. The third kappa shape index (κ3) is 3.22. The second kappa shape index (κ2) is 5.84. The summed E-state index contributed by atoms with van der Waals surface area (Å²) in [6.07, 6.45) is 0. The fraction of sp³-hybridized carbons (Fsp3) is 0.0769. The molecule has 2 aromatic carbocycles. The van der Waals surface area contributed by atoms with E-state index >= 15 is 0 Å². The lowest BCUT2D eigenvalue weighted by molar-refractivity contribution is 0.545. The molecule has 0 aromatic heterocycles. The molecule has 0 aliphatic carbocycles. The fourth-order valence-electron chi connectivity index (χ4n) is 1.84. The summed E-state index contributed by atoms with van der Waals surface area (Å²) in [6, 6.07) is 7.13. The van der Waals surface area contributed by atoms with Crippen molar-refractivity contribution in [2.45, 2.75) is 6.04 Å². The predicted octanol–water partition coefficient (Wildman–Crippen LogP) is 3.82. The van der Waals surface area contributed by atoms with Crippen molar-refractivity contribution in [2.24, 2.45) is 5.84 Å². The fourth-order valence-corrected chi connectivity index (χ4v) is 2.39. The molecule has 0 aliphatic heterocycles. The first-order valence-electron chi connectivity index (χ1n) is 5.38. The number of hydrogen-bond donors (Lipinski definition) is 2. The first kappa shape index (κ1) is 14.2. The molecule has 2 nitrogen and oxygen atoms in total. The molecule has 100 valence electrons. The molecular weight excluding hydrogens is 293 g/mol. The molecule has 0 spiro atoms. The lowest BCUT2D eigenvalue weighted by Gasteiger charge is -2.18. The van der Waals surface area contributed by atoms with Crippen LogP contribution in [0.15, 0.2) is 36.4 Å². The Morgan fingerprint density at radius 1 is 1.00 bits per heavy atom. The Morgan fingerprint density at radius 2 is 1.63 bits per heavy atom. The van der Waals surface area contributed by atoms with Gasteiger partial charge in [-0.25, -0.2) is 14.2 Å². The van der Waals surface area contributed by atoms with Crippen LogP contribution in [-0.4, -0.2) is 0 Å². The molecule has 3 N–H and O–H groups in total. The molecule has 0 amide bonds. The van der Waals surface area contributed by atoms with E-state index < -0.39 is 17.7 Å². The molecule has 1 unspecified atom stereocenters. The second-order valence-corrected chi connectivity index (χ2v) is 4.84. The normalized spacial score (nSPS) is 12.5. The van der Waals surface area contributed by atoms with Crippen LogP contribution < -0.4 is 11.3 Å². The summed E-state index contributed by atoms with van der Waals surface area (Å²) in [7, 11) is 0. The molecule has 19 heavy (non-hydrogen) atoms. The highest BCUT2D eigenvalue weighted by Gasteiger charge is 2.18. The Bertz CT molecular complexity index is 585. The third-order valence-corrected chi connectivity index (χ3v) is 3.09. The van der Waals surface area contributed by atoms with E-state index in [9.17, 15) is 8.78 Å². The number of nitrogens with two attached hydrogens (primary N) is 1. The van der Waals surface area contributed by atoms with E-state index in [2.05, 4.69) is 5.43 Å². The Hall–Kier alpha value is -1.20. The molecule has 0 radical (unpaired) electrons. The van der Waals surface area contributed by atoms with Crippen molar-refractivity contribution in [1.29, 1.82) is 0 Å². The van der Waals surface area contributed by atoms with E-state index in [1.807, 2.05) is 0 Å². The molecule has 0 heterocycles. The summed E-state index contributed by atoms with van der Waals surface area (Å²) in [5.41, 5.74) is 3.06. The average molecular weight is 303 g/mol. The van der Waals surface area contributed by atoms with Gasteiger partial charge in [0, 0.05) is 15.6 Å². The van der Waals surface area contributed by atoms with Gasteiger partial charge in [-0.2, -0.15) is 0 Å². The van der Waals surface area contributed by atoms with Crippen molar-refractivity contribution in [3.05, 3.63) is 69.2 Å². The minimum atomic E-state index is -0.744. The van der Waals surface area contributed by atoms with Crippen LogP contribution in [0.1, 0.15) is 17.2 Å². The van der Waals surface area contributed by atoms with Gasteiger partial charge in [0.1, 0.15) is 11.6 Å². The summed E-state index contributed by atoms with van der Waals surface area (Å²) < 4.78 is 27.0. The van der Waals surface area contributed by atoms with Crippen LogP contribution in [0.4, 0.5) is 8.78 Å².